The number of aryl methyl sites for hydroxylation is 2. The first-order valence-corrected chi connectivity index (χ1v) is 9.35. The Kier molecular flexibility index (Phi) is 5.41. The first-order valence-electron chi connectivity index (χ1n) is 8.53. The molecule has 0 unspecified atom stereocenters. The summed E-state index contributed by atoms with van der Waals surface area (Å²) in [4.78, 5) is 14.8. The monoisotopic (exact) mass is 345 g/mol. The van der Waals surface area contributed by atoms with Crippen LogP contribution in [0.2, 0.25) is 0 Å². The van der Waals surface area contributed by atoms with Gasteiger partial charge < -0.3 is 14.8 Å². The number of amides is 1. The molecule has 0 radical (unpaired) electrons. The van der Waals surface area contributed by atoms with Crippen LogP contribution in [0.5, 0.6) is 11.5 Å². The molecule has 128 valence electrons. The Bertz CT molecular complexity index is 700. The summed E-state index contributed by atoms with van der Waals surface area (Å²) in [5.74, 6) is 1.31. The normalized spacial score (nSPS) is 13.2. The summed E-state index contributed by atoms with van der Waals surface area (Å²) in [6.07, 6.45) is 4.62. The van der Waals surface area contributed by atoms with E-state index in [1.807, 2.05) is 38.1 Å². The van der Waals surface area contributed by atoms with Crippen LogP contribution in [0.15, 0.2) is 24.3 Å². The molecule has 3 rings (SSSR count). The van der Waals surface area contributed by atoms with Gasteiger partial charge in [-0.25, -0.2) is 0 Å². The van der Waals surface area contributed by atoms with Crippen molar-refractivity contribution in [3.8, 4) is 11.5 Å². The summed E-state index contributed by atoms with van der Waals surface area (Å²) in [7, 11) is 0. The Hall–Kier alpha value is -2.01. The predicted octanol–water partition coefficient (Wildman–Crippen LogP) is 4.68. The molecule has 0 saturated heterocycles. The van der Waals surface area contributed by atoms with Gasteiger partial charge in [0.15, 0.2) is 0 Å². The molecule has 4 nitrogen and oxygen atoms in total. The lowest BCUT2D eigenvalue weighted by Gasteiger charge is -2.13. The van der Waals surface area contributed by atoms with Crippen molar-refractivity contribution in [2.24, 2.45) is 0 Å². The van der Waals surface area contributed by atoms with Gasteiger partial charge in [-0.2, -0.15) is 0 Å². The number of hydrogen-bond donors (Lipinski definition) is 1. The number of carbonyl (C=O) groups excluding carboxylic acids is 1. The van der Waals surface area contributed by atoms with Crippen molar-refractivity contribution in [1.82, 2.24) is 0 Å². The minimum atomic E-state index is -0.0796. The number of rotatable bonds is 6. The molecule has 1 heterocycles. The molecule has 0 bridgehead atoms. The summed E-state index contributed by atoms with van der Waals surface area (Å²) >= 11 is 1.61. The van der Waals surface area contributed by atoms with Crippen LogP contribution in [0.4, 0.5) is 5.69 Å². The highest BCUT2D eigenvalue weighted by Crippen LogP contribution is 2.33. The van der Waals surface area contributed by atoms with Gasteiger partial charge in [-0.15, -0.1) is 11.3 Å². The van der Waals surface area contributed by atoms with Crippen molar-refractivity contribution < 1.29 is 14.3 Å². The van der Waals surface area contributed by atoms with E-state index in [-0.39, 0.29) is 5.91 Å². The van der Waals surface area contributed by atoms with Crippen molar-refractivity contribution in [1.29, 1.82) is 0 Å². The molecule has 1 aromatic carbocycles. The van der Waals surface area contributed by atoms with Gasteiger partial charge in [0.25, 0.3) is 5.91 Å². The van der Waals surface area contributed by atoms with Gasteiger partial charge >= 0.3 is 0 Å². The SMILES string of the molecule is CCOc1ccc(OCC)c(NC(=O)c2cc3c(s2)CCCC3)c1. The zero-order chi connectivity index (χ0) is 16.9. The third kappa shape index (κ3) is 3.73. The third-order valence-corrected chi connectivity index (χ3v) is 5.27. The van der Waals surface area contributed by atoms with E-state index in [0.717, 1.165) is 23.5 Å². The van der Waals surface area contributed by atoms with Crippen LogP contribution in [-0.2, 0) is 12.8 Å². The summed E-state index contributed by atoms with van der Waals surface area (Å²) in [6, 6.07) is 7.55. The fourth-order valence-electron chi connectivity index (χ4n) is 2.93. The minimum absolute atomic E-state index is 0.0796. The fraction of sp³-hybridized carbons (Fsp3) is 0.421. The lowest BCUT2D eigenvalue weighted by atomic mass is 9.99. The van der Waals surface area contributed by atoms with Crippen LogP contribution in [0.3, 0.4) is 0 Å². The third-order valence-electron chi connectivity index (χ3n) is 4.03. The van der Waals surface area contributed by atoms with E-state index in [1.165, 1.54) is 23.3 Å². The molecule has 1 aromatic heterocycles. The number of hydrogen-bond acceptors (Lipinski definition) is 4. The summed E-state index contributed by atoms with van der Waals surface area (Å²) in [5.41, 5.74) is 1.99. The first kappa shape index (κ1) is 16.8. The summed E-state index contributed by atoms with van der Waals surface area (Å²) in [6.45, 7) is 4.99. The number of nitrogens with one attached hydrogen (secondary N) is 1. The number of carbonyl (C=O) groups is 1. The molecule has 1 aliphatic carbocycles. The molecule has 2 aromatic rings. The molecule has 0 aliphatic heterocycles. The van der Waals surface area contributed by atoms with E-state index in [4.69, 9.17) is 9.47 Å². The van der Waals surface area contributed by atoms with Crippen LogP contribution < -0.4 is 14.8 Å². The van der Waals surface area contributed by atoms with Gasteiger partial charge in [-0.3, -0.25) is 4.79 Å². The van der Waals surface area contributed by atoms with Crippen molar-refractivity contribution in [2.45, 2.75) is 39.5 Å². The Balaban J connectivity index is 1.81. The average molecular weight is 345 g/mol. The van der Waals surface area contributed by atoms with Crippen molar-refractivity contribution in [3.05, 3.63) is 39.6 Å². The van der Waals surface area contributed by atoms with E-state index in [1.54, 1.807) is 11.3 Å². The quantitative estimate of drug-likeness (QED) is 0.827. The van der Waals surface area contributed by atoms with Crippen LogP contribution in [0.1, 0.15) is 46.8 Å². The van der Waals surface area contributed by atoms with Crippen LogP contribution in [-0.4, -0.2) is 19.1 Å². The summed E-state index contributed by atoms with van der Waals surface area (Å²) in [5, 5.41) is 2.99. The average Bonchev–Trinajstić information content (AvgIpc) is 3.02. The van der Waals surface area contributed by atoms with Gasteiger partial charge in [-0.1, -0.05) is 0 Å². The van der Waals surface area contributed by atoms with Gasteiger partial charge in [-0.05, 0) is 63.3 Å². The molecule has 0 atom stereocenters. The topological polar surface area (TPSA) is 47.6 Å². The molecule has 5 heteroatoms. The van der Waals surface area contributed by atoms with E-state index in [0.29, 0.717) is 24.7 Å². The summed E-state index contributed by atoms with van der Waals surface area (Å²) < 4.78 is 11.2. The predicted molar refractivity (Wildman–Crippen MR) is 97.7 cm³/mol. The van der Waals surface area contributed by atoms with Crippen molar-refractivity contribution in [2.75, 3.05) is 18.5 Å². The highest BCUT2D eigenvalue weighted by atomic mass is 32.1. The van der Waals surface area contributed by atoms with Gasteiger partial charge in [0.2, 0.25) is 0 Å². The standard InChI is InChI=1S/C19H23NO3S/c1-3-22-14-9-10-16(23-4-2)15(12-14)20-19(21)18-11-13-7-5-6-8-17(13)24-18/h9-12H,3-8H2,1-2H3,(H,20,21). The van der Waals surface area contributed by atoms with Crippen LogP contribution in [0.25, 0.3) is 0 Å². The second kappa shape index (κ2) is 7.71. The van der Waals surface area contributed by atoms with Gasteiger partial charge in [0.1, 0.15) is 11.5 Å². The fourth-order valence-corrected chi connectivity index (χ4v) is 4.08. The van der Waals surface area contributed by atoms with E-state index in [9.17, 15) is 4.79 Å². The maximum atomic E-state index is 12.7. The minimum Gasteiger partial charge on any atom is -0.494 e. The zero-order valence-electron chi connectivity index (χ0n) is 14.2. The van der Waals surface area contributed by atoms with Crippen LogP contribution in [0, 0.1) is 0 Å². The number of ether oxygens (including phenoxy) is 2. The van der Waals surface area contributed by atoms with E-state index in [2.05, 4.69) is 5.32 Å². The van der Waals surface area contributed by atoms with Crippen molar-refractivity contribution >= 4 is 22.9 Å². The van der Waals surface area contributed by atoms with E-state index >= 15 is 0 Å². The number of benzene rings is 1. The van der Waals surface area contributed by atoms with E-state index < -0.39 is 0 Å². The van der Waals surface area contributed by atoms with Crippen LogP contribution >= 0.6 is 11.3 Å². The lowest BCUT2D eigenvalue weighted by molar-refractivity contribution is 0.103. The van der Waals surface area contributed by atoms with Gasteiger partial charge in [0, 0.05) is 10.9 Å². The Morgan fingerprint density at radius 2 is 1.92 bits per heavy atom. The smallest absolute Gasteiger partial charge is 0.265 e. The molecule has 0 saturated carbocycles. The second-order valence-corrected chi connectivity index (χ2v) is 6.88. The molecular weight excluding hydrogens is 322 g/mol. The lowest BCUT2D eigenvalue weighted by Crippen LogP contribution is -2.11. The molecule has 1 aliphatic rings. The highest BCUT2D eigenvalue weighted by molar-refractivity contribution is 7.14. The first-order chi connectivity index (χ1) is 11.7. The Morgan fingerprint density at radius 3 is 2.67 bits per heavy atom. The maximum Gasteiger partial charge on any atom is 0.265 e. The molecule has 0 spiro atoms. The molecule has 0 fully saturated rings. The maximum absolute atomic E-state index is 12.7. The number of thiophene rings is 1. The highest BCUT2D eigenvalue weighted by Gasteiger charge is 2.18. The number of anilines is 1. The second-order valence-electron chi connectivity index (χ2n) is 5.74. The molecular formula is C19H23NO3S. The van der Waals surface area contributed by atoms with Gasteiger partial charge in [0.05, 0.1) is 23.8 Å². The molecule has 1 N–H and O–H groups in total. The zero-order valence-corrected chi connectivity index (χ0v) is 15.0. The molecule has 24 heavy (non-hydrogen) atoms. The number of fused-ring (bicyclic) bond motifs is 1. The largest absolute Gasteiger partial charge is 0.494 e. The Morgan fingerprint density at radius 1 is 1.12 bits per heavy atom. The van der Waals surface area contributed by atoms with Crippen molar-refractivity contribution in [3.63, 3.8) is 0 Å². The molecule has 1 amide bonds. The Labute approximate surface area is 146 Å².